The van der Waals surface area contributed by atoms with Gasteiger partial charge in [0.25, 0.3) is 0 Å². The molecule has 0 aliphatic carbocycles. The van der Waals surface area contributed by atoms with E-state index >= 15 is 0 Å². The van der Waals surface area contributed by atoms with Crippen molar-refractivity contribution in [3.63, 3.8) is 0 Å². The minimum atomic E-state index is -0.453. The lowest BCUT2D eigenvalue weighted by atomic mass is 9.97. The molecule has 196 valence electrons. The number of likely N-dealkylation sites (N-methyl/N-ethyl adjacent to an activating group) is 1. The summed E-state index contributed by atoms with van der Waals surface area (Å²) in [4.78, 5) is 33.2. The number of amidine groups is 1. The molecule has 0 radical (unpaired) electrons. The molecule has 1 atom stereocenters. The van der Waals surface area contributed by atoms with E-state index in [-0.39, 0.29) is 5.91 Å². The first-order valence-corrected chi connectivity index (χ1v) is 12.9. The van der Waals surface area contributed by atoms with Crippen molar-refractivity contribution in [1.29, 1.82) is 0 Å². The predicted molar refractivity (Wildman–Crippen MR) is 152 cm³/mol. The molecular formula is C30H38N4O3. The van der Waals surface area contributed by atoms with Gasteiger partial charge >= 0.3 is 0 Å². The Balaban J connectivity index is 1.95. The third-order valence-corrected chi connectivity index (χ3v) is 6.15. The molecule has 2 aromatic rings. The first-order valence-electron chi connectivity index (χ1n) is 12.9. The monoisotopic (exact) mass is 502 g/mol. The van der Waals surface area contributed by atoms with Crippen LogP contribution in [0.3, 0.4) is 0 Å². The number of nitrogens with two attached hydrogens (primary N) is 1. The zero-order valence-electron chi connectivity index (χ0n) is 22.3. The number of carbonyl (C=O) groups is 2. The van der Waals surface area contributed by atoms with E-state index in [9.17, 15) is 14.7 Å². The number of rotatable bonds is 11. The molecule has 1 heterocycles. The molecule has 0 aromatic heterocycles. The van der Waals surface area contributed by atoms with Crippen LogP contribution in [0, 0.1) is 0 Å². The highest BCUT2D eigenvalue weighted by molar-refractivity contribution is 6.05. The van der Waals surface area contributed by atoms with Crippen molar-refractivity contribution < 1.29 is 14.7 Å². The van der Waals surface area contributed by atoms with Gasteiger partial charge < -0.3 is 20.6 Å². The molecule has 3 rings (SSSR count). The Labute approximate surface area is 220 Å². The second-order valence-corrected chi connectivity index (χ2v) is 9.58. The maximum atomic E-state index is 13.2. The third kappa shape index (κ3) is 7.40. The zero-order chi connectivity index (χ0) is 26.9. The smallest absolute Gasteiger partial charge is 0.250 e. The zero-order valence-corrected chi connectivity index (χ0v) is 22.3. The Hall–Kier alpha value is -3.71. The summed E-state index contributed by atoms with van der Waals surface area (Å²) in [6.07, 6.45) is 8.13. The fourth-order valence-corrected chi connectivity index (χ4v) is 4.46. The third-order valence-electron chi connectivity index (χ3n) is 6.15. The van der Waals surface area contributed by atoms with Crippen molar-refractivity contribution in [3.05, 3.63) is 64.9 Å². The van der Waals surface area contributed by atoms with Crippen molar-refractivity contribution in [1.82, 2.24) is 9.80 Å². The van der Waals surface area contributed by atoms with E-state index < -0.39 is 6.10 Å². The van der Waals surface area contributed by atoms with Crippen molar-refractivity contribution in [2.24, 2.45) is 10.7 Å². The number of aliphatic imine (C=N–C) groups is 1. The van der Waals surface area contributed by atoms with E-state index in [0.717, 1.165) is 54.5 Å². The summed E-state index contributed by atoms with van der Waals surface area (Å²) in [6, 6.07) is 11.6. The Morgan fingerprint density at radius 2 is 1.78 bits per heavy atom. The molecule has 2 aromatic carbocycles. The number of nitrogens with zero attached hydrogens (tertiary/aromatic N) is 3. The van der Waals surface area contributed by atoms with Crippen LogP contribution in [0.5, 0.6) is 0 Å². The number of fused-ring (bicyclic) bond motifs is 1. The van der Waals surface area contributed by atoms with Crippen LogP contribution in [-0.4, -0.2) is 65.7 Å². The van der Waals surface area contributed by atoms with Gasteiger partial charge in [-0.3, -0.25) is 9.59 Å². The molecule has 3 N–H and O–H groups in total. The molecule has 0 bridgehead atoms. The summed E-state index contributed by atoms with van der Waals surface area (Å²) in [7, 11) is 1.87. The van der Waals surface area contributed by atoms with Gasteiger partial charge in [0.05, 0.1) is 11.8 Å². The number of aldehydes is 1. The van der Waals surface area contributed by atoms with Crippen LogP contribution in [0.15, 0.2) is 53.2 Å². The summed E-state index contributed by atoms with van der Waals surface area (Å²) in [5.74, 6) is 0.421. The fraction of sp³-hybridized carbons (Fsp3) is 0.367. The van der Waals surface area contributed by atoms with Crippen LogP contribution in [0.4, 0.5) is 5.69 Å². The van der Waals surface area contributed by atoms with Crippen LogP contribution in [0.25, 0.3) is 23.3 Å². The van der Waals surface area contributed by atoms with Gasteiger partial charge in [0.1, 0.15) is 5.84 Å². The van der Waals surface area contributed by atoms with E-state index in [1.807, 2.05) is 65.5 Å². The lowest BCUT2D eigenvalue weighted by Gasteiger charge is -2.22. The van der Waals surface area contributed by atoms with Crippen molar-refractivity contribution >= 4 is 35.9 Å². The van der Waals surface area contributed by atoms with Crippen LogP contribution >= 0.6 is 0 Å². The maximum Gasteiger partial charge on any atom is 0.250 e. The molecule has 0 saturated carbocycles. The van der Waals surface area contributed by atoms with Gasteiger partial charge in [-0.25, -0.2) is 4.99 Å². The van der Waals surface area contributed by atoms with Crippen LogP contribution in [0.2, 0.25) is 0 Å². The highest BCUT2D eigenvalue weighted by Crippen LogP contribution is 2.33. The van der Waals surface area contributed by atoms with Gasteiger partial charge in [-0.1, -0.05) is 38.1 Å². The summed E-state index contributed by atoms with van der Waals surface area (Å²) in [6.45, 7) is 7.80. The minimum absolute atomic E-state index is 0.0141. The summed E-state index contributed by atoms with van der Waals surface area (Å²) < 4.78 is 0. The molecule has 7 heteroatoms. The summed E-state index contributed by atoms with van der Waals surface area (Å²) >= 11 is 0. The largest absolute Gasteiger partial charge is 0.392 e. The van der Waals surface area contributed by atoms with Crippen LogP contribution in [-0.2, 0) is 4.79 Å². The number of aliphatic hydroxyl groups excluding tert-OH is 1. The topological polar surface area (TPSA) is 99.2 Å². The Kier molecular flexibility index (Phi) is 9.80. The number of hydrogen-bond donors (Lipinski definition) is 2. The van der Waals surface area contributed by atoms with E-state index in [2.05, 4.69) is 18.8 Å². The van der Waals surface area contributed by atoms with Gasteiger partial charge in [0.2, 0.25) is 5.91 Å². The van der Waals surface area contributed by atoms with Gasteiger partial charge in [-0.2, -0.15) is 0 Å². The van der Waals surface area contributed by atoms with Gasteiger partial charge in [0, 0.05) is 49.8 Å². The Morgan fingerprint density at radius 1 is 1.11 bits per heavy atom. The van der Waals surface area contributed by atoms with Crippen molar-refractivity contribution in [2.45, 2.75) is 46.1 Å². The lowest BCUT2D eigenvalue weighted by Crippen LogP contribution is -2.34. The Bertz CT molecular complexity index is 1210. The molecule has 37 heavy (non-hydrogen) atoms. The summed E-state index contributed by atoms with van der Waals surface area (Å²) in [5.41, 5.74) is 11.7. The molecule has 0 spiro atoms. The second-order valence-electron chi connectivity index (χ2n) is 9.58. The molecule has 7 nitrogen and oxygen atoms in total. The molecule has 1 amide bonds. The number of amides is 1. The second kappa shape index (κ2) is 13.0. The van der Waals surface area contributed by atoms with E-state index in [1.165, 1.54) is 0 Å². The fourth-order valence-electron chi connectivity index (χ4n) is 4.46. The van der Waals surface area contributed by atoms with Crippen molar-refractivity contribution in [2.75, 3.05) is 26.7 Å². The quantitative estimate of drug-likeness (QED) is 0.427. The number of hydrogen-bond acceptors (Lipinski definition) is 6. The molecule has 0 fully saturated rings. The van der Waals surface area contributed by atoms with Crippen LogP contribution < -0.4 is 5.73 Å². The summed E-state index contributed by atoms with van der Waals surface area (Å²) in [5, 5.41) is 9.59. The van der Waals surface area contributed by atoms with E-state index in [1.54, 1.807) is 13.0 Å². The highest BCUT2D eigenvalue weighted by Gasteiger charge is 2.21. The first kappa shape index (κ1) is 27.9. The number of carbonyl (C=O) groups excluding carboxylic acids is 2. The van der Waals surface area contributed by atoms with E-state index in [0.29, 0.717) is 35.6 Å². The lowest BCUT2D eigenvalue weighted by molar-refractivity contribution is -0.127. The molecule has 0 saturated heterocycles. The first-order chi connectivity index (χ1) is 17.7. The molecule has 1 aliphatic rings. The van der Waals surface area contributed by atoms with Crippen molar-refractivity contribution in [3.8, 4) is 11.1 Å². The SMILES string of the molecule is CCCN(CCC)C(=O)C1=Cc2ccc(-c3ccc(C=O)c(/C=C\N(C)CC(C)O)c3)cc2N=C(N)C1. The highest BCUT2D eigenvalue weighted by atomic mass is 16.3. The molecular weight excluding hydrogens is 464 g/mol. The molecule has 1 unspecified atom stereocenters. The predicted octanol–water partition coefficient (Wildman–Crippen LogP) is 4.87. The minimum Gasteiger partial charge on any atom is -0.392 e. The normalized spacial score (nSPS) is 13.9. The molecule has 1 aliphatic heterocycles. The average Bonchev–Trinajstić information content (AvgIpc) is 3.03. The average molecular weight is 503 g/mol. The number of aliphatic hydroxyl groups is 1. The van der Waals surface area contributed by atoms with Crippen LogP contribution in [0.1, 0.15) is 61.5 Å². The Morgan fingerprint density at radius 3 is 2.43 bits per heavy atom. The van der Waals surface area contributed by atoms with E-state index in [4.69, 9.17) is 5.73 Å². The van der Waals surface area contributed by atoms with Gasteiger partial charge in [-0.05, 0) is 66.9 Å². The maximum absolute atomic E-state index is 13.2. The number of benzene rings is 2. The van der Waals surface area contributed by atoms with Gasteiger partial charge in [0.15, 0.2) is 6.29 Å². The standard InChI is InChI=1S/C30H38N4O3/c1-5-12-34(13-6-2)30(37)27-16-25-9-7-23(17-28(25)32-29(31)18-27)22-8-10-26(20-35)24(15-22)11-14-33(4)19-21(3)36/h7-11,14-17,20-21,36H,5-6,12-13,18-19H2,1-4H3,(H2,31,32)/b14-11-. The van der Waals surface area contributed by atoms with Gasteiger partial charge in [-0.15, -0.1) is 0 Å².